The minimum atomic E-state index is -0.719. The van der Waals surface area contributed by atoms with E-state index in [1.165, 1.54) is 5.56 Å². The van der Waals surface area contributed by atoms with Crippen molar-refractivity contribution in [3.63, 3.8) is 0 Å². The zero-order valence-electron chi connectivity index (χ0n) is 8.85. The maximum atomic E-state index is 10.3. The van der Waals surface area contributed by atoms with E-state index in [1.54, 1.807) is 0 Å². The Balaban J connectivity index is 2.24. The van der Waals surface area contributed by atoms with Gasteiger partial charge in [0.25, 0.3) is 0 Å². The fourth-order valence-corrected chi connectivity index (χ4v) is 1.28. The molecule has 4 nitrogen and oxygen atoms in total. The van der Waals surface area contributed by atoms with Crippen molar-refractivity contribution >= 4 is 6.09 Å². The van der Waals surface area contributed by atoms with Gasteiger partial charge in [-0.1, -0.05) is 30.3 Å². The minimum Gasteiger partial charge on any atom is -0.448 e. The molecule has 1 amide bonds. The molecule has 0 bridgehead atoms. The number of benzene rings is 1. The van der Waals surface area contributed by atoms with Gasteiger partial charge in [0.05, 0.1) is 0 Å². The van der Waals surface area contributed by atoms with Gasteiger partial charge in [0, 0.05) is 13.1 Å². The van der Waals surface area contributed by atoms with Crippen molar-refractivity contribution in [2.24, 2.45) is 5.73 Å². The molecule has 0 unspecified atom stereocenters. The average molecular weight is 208 g/mol. The van der Waals surface area contributed by atoms with Gasteiger partial charge in [-0.2, -0.15) is 0 Å². The first-order valence-electron chi connectivity index (χ1n) is 4.83. The van der Waals surface area contributed by atoms with Crippen molar-refractivity contribution in [2.45, 2.75) is 6.54 Å². The van der Waals surface area contributed by atoms with Crippen LogP contribution < -0.4 is 5.73 Å². The number of hydrogen-bond donors (Lipinski definition) is 1. The number of likely N-dealkylation sites (N-methyl/N-ethyl adjacent to an activating group) is 1. The second-order valence-corrected chi connectivity index (χ2v) is 3.39. The van der Waals surface area contributed by atoms with E-state index in [-0.39, 0.29) is 0 Å². The zero-order chi connectivity index (χ0) is 11.1. The normalized spacial score (nSPS) is 10.3. The SMILES string of the molecule is CN(CCOC(N)=O)Cc1ccccc1. The van der Waals surface area contributed by atoms with Crippen LogP contribution in [0.2, 0.25) is 0 Å². The highest BCUT2D eigenvalue weighted by Crippen LogP contribution is 2.01. The Labute approximate surface area is 89.6 Å². The molecule has 0 aliphatic heterocycles. The van der Waals surface area contributed by atoms with Gasteiger partial charge in [0.2, 0.25) is 0 Å². The first kappa shape index (κ1) is 11.5. The van der Waals surface area contributed by atoms with Crippen LogP contribution in [-0.4, -0.2) is 31.2 Å². The van der Waals surface area contributed by atoms with Crippen LogP contribution in [0.4, 0.5) is 4.79 Å². The van der Waals surface area contributed by atoms with Gasteiger partial charge in [-0.05, 0) is 12.6 Å². The van der Waals surface area contributed by atoms with Gasteiger partial charge < -0.3 is 10.5 Å². The monoisotopic (exact) mass is 208 g/mol. The van der Waals surface area contributed by atoms with Crippen LogP contribution in [0, 0.1) is 0 Å². The van der Waals surface area contributed by atoms with Crippen molar-refractivity contribution in [3.8, 4) is 0 Å². The van der Waals surface area contributed by atoms with Crippen molar-refractivity contribution in [3.05, 3.63) is 35.9 Å². The standard InChI is InChI=1S/C11H16N2O2/c1-13(7-8-15-11(12)14)9-10-5-3-2-4-6-10/h2-6H,7-9H2,1H3,(H2,12,14). The number of rotatable bonds is 5. The highest BCUT2D eigenvalue weighted by molar-refractivity contribution is 5.64. The van der Waals surface area contributed by atoms with Crippen LogP contribution in [0.5, 0.6) is 0 Å². The number of ether oxygens (including phenoxy) is 1. The lowest BCUT2D eigenvalue weighted by Gasteiger charge is -2.15. The lowest BCUT2D eigenvalue weighted by molar-refractivity contribution is 0.141. The van der Waals surface area contributed by atoms with Crippen LogP contribution in [0.1, 0.15) is 5.56 Å². The molecule has 82 valence electrons. The molecule has 0 aromatic heterocycles. The Hall–Kier alpha value is -1.55. The number of nitrogens with two attached hydrogens (primary N) is 1. The molecular weight excluding hydrogens is 192 g/mol. The molecule has 0 heterocycles. The molecule has 0 saturated carbocycles. The van der Waals surface area contributed by atoms with E-state index < -0.39 is 6.09 Å². The predicted octanol–water partition coefficient (Wildman–Crippen LogP) is 1.21. The second kappa shape index (κ2) is 6.03. The Kier molecular flexibility index (Phi) is 4.63. The van der Waals surface area contributed by atoms with E-state index in [0.29, 0.717) is 13.2 Å². The maximum Gasteiger partial charge on any atom is 0.404 e. The van der Waals surface area contributed by atoms with Crippen LogP contribution in [0.25, 0.3) is 0 Å². The summed E-state index contributed by atoms with van der Waals surface area (Å²) in [5.41, 5.74) is 6.09. The quantitative estimate of drug-likeness (QED) is 0.791. The summed E-state index contributed by atoms with van der Waals surface area (Å²) in [7, 11) is 1.97. The number of hydrogen-bond acceptors (Lipinski definition) is 3. The van der Waals surface area contributed by atoms with Crippen molar-refractivity contribution < 1.29 is 9.53 Å². The van der Waals surface area contributed by atoms with Crippen LogP contribution >= 0.6 is 0 Å². The molecule has 15 heavy (non-hydrogen) atoms. The van der Waals surface area contributed by atoms with E-state index in [4.69, 9.17) is 5.73 Å². The van der Waals surface area contributed by atoms with E-state index >= 15 is 0 Å². The van der Waals surface area contributed by atoms with E-state index in [9.17, 15) is 4.79 Å². The number of amides is 1. The van der Waals surface area contributed by atoms with Crippen molar-refractivity contribution in [1.82, 2.24) is 4.90 Å². The van der Waals surface area contributed by atoms with Gasteiger partial charge in [-0.3, -0.25) is 4.90 Å². The molecule has 0 saturated heterocycles. The second-order valence-electron chi connectivity index (χ2n) is 3.39. The number of carbonyl (C=O) groups excluding carboxylic acids is 1. The van der Waals surface area contributed by atoms with Gasteiger partial charge >= 0.3 is 6.09 Å². The summed E-state index contributed by atoms with van der Waals surface area (Å²) in [6.07, 6.45) is -0.719. The molecule has 4 heteroatoms. The molecule has 0 aliphatic carbocycles. The molecule has 0 spiro atoms. The summed E-state index contributed by atoms with van der Waals surface area (Å²) in [6.45, 7) is 1.85. The molecule has 1 rings (SSSR count). The zero-order valence-corrected chi connectivity index (χ0v) is 8.85. The molecule has 0 atom stereocenters. The largest absolute Gasteiger partial charge is 0.448 e. The maximum absolute atomic E-state index is 10.3. The van der Waals surface area contributed by atoms with Gasteiger partial charge in [-0.25, -0.2) is 4.79 Å². The summed E-state index contributed by atoms with van der Waals surface area (Å²) < 4.78 is 4.65. The molecule has 1 aromatic carbocycles. The molecule has 0 fully saturated rings. The number of nitrogens with zero attached hydrogens (tertiary/aromatic N) is 1. The lowest BCUT2D eigenvalue weighted by Crippen LogP contribution is -2.25. The van der Waals surface area contributed by atoms with Crippen LogP contribution in [-0.2, 0) is 11.3 Å². The average Bonchev–Trinajstić information content (AvgIpc) is 2.18. The Bertz CT molecular complexity index is 301. The summed E-state index contributed by atoms with van der Waals surface area (Å²) in [6, 6.07) is 10.1. The predicted molar refractivity (Wildman–Crippen MR) is 58.3 cm³/mol. The van der Waals surface area contributed by atoms with Crippen molar-refractivity contribution in [2.75, 3.05) is 20.2 Å². The molecule has 0 radical (unpaired) electrons. The molecular formula is C11H16N2O2. The highest BCUT2D eigenvalue weighted by Gasteiger charge is 2.00. The topological polar surface area (TPSA) is 55.6 Å². The number of primary amides is 1. The van der Waals surface area contributed by atoms with E-state index in [1.807, 2.05) is 25.2 Å². The summed E-state index contributed by atoms with van der Waals surface area (Å²) in [4.78, 5) is 12.4. The van der Waals surface area contributed by atoms with E-state index in [0.717, 1.165) is 6.54 Å². The van der Waals surface area contributed by atoms with Gasteiger partial charge in [0.1, 0.15) is 6.61 Å². The summed E-state index contributed by atoms with van der Waals surface area (Å²) >= 11 is 0. The lowest BCUT2D eigenvalue weighted by atomic mass is 10.2. The Morgan fingerprint density at radius 2 is 2.07 bits per heavy atom. The van der Waals surface area contributed by atoms with Crippen molar-refractivity contribution in [1.29, 1.82) is 0 Å². The third kappa shape index (κ3) is 5.02. The summed E-state index contributed by atoms with van der Waals surface area (Å²) in [5.74, 6) is 0. The molecule has 1 aromatic rings. The third-order valence-electron chi connectivity index (χ3n) is 2.01. The third-order valence-corrected chi connectivity index (χ3v) is 2.01. The van der Waals surface area contributed by atoms with Crippen LogP contribution in [0.15, 0.2) is 30.3 Å². The molecule has 0 aliphatic rings. The van der Waals surface area contributed by atoms with E-state index in [2.05, 4.69) is 21.8 Å². The van der Waals surface area contributed by atoms with Gasteiger partial charge in [0.15, 0.2) is 0 Å². The minimum absolute atomic E-state index is 0.332. The summed E-state index contributed by atoms with van der Waals surface area (Å²) in [5, 5.41) is 0. The number of carbonyl (C=O) groups is 1. The highest BCUT2D eigenvalue weighted by atomic mass is 16.5. The fraction of sp³-hybridized carbons (Fsp3) is 0.364. The Morgan fingerprint density at radius 1 is 1.40 bits per heavy atom. The first-order valence-corrected chi connectivity index (χ1v) is 4.83. The Morgan fingerprint density at radius 3 is 2.67 bits per heavy atom. The molecule has 2 N–H and O–H groups in total. The van der Waals surface area contributed by atoms with Gasteiger partial charge in [-0.15, -0.1) is 0 Å². The fourth-order valence-electron chi connectivity index (χ4n) is 1.28. The van der Waals surface area contributed by atoms with Crippen LogP contribution in [0.3, 0.4) is 0 Å². The first-order chi connectivity index (χ1) is 7.18. The smallest absolute Gasteiger partial charge is 0.404 e.